The Hall–Kier alpha value is -0.0900. The van der Waals surface area contributed by atoms with Crippen LogP contribution in [0.4, 0.5) is 0 Å². The third kappa shape index (κ3) is 10.8. The molecule has 4 heteroatoms. The first-order valence-electron chi connectivity index (χ1n) is 6.82. The van der Waals surface area contributed by atoms with E-state index >= 15 is 0 Å². The standard InChI is InChI=1S/C13H28O3S/c1-4-5-6-7-8-9-10-13(12(2)3)11-17(14,15)16/h12-13H,4-11H2,1-3H3,(H,14,15,16). The summed E-state index contributed by atoms with van der Waals surface area (Å²) >= 11 is 0. The molecular weight excluding hydrogens is 236 g/mol. The molecule has 0 aliphatic carbocycles. The highest BCUT2D eigenvalue weighted by Crippen LogP contribution is 2.21. The molecule has 0 heterocycles. The van der Waals surface area contributed by atoms with Gasteiger partial charge in [0.05, 0.1) is 5.75 Å². The van der Waals surface area contributed by atoms with Gasteiger partial charge in [-0.15, -0.1) is 0 Å². The molecule has 0 aliphatic heterocycles. The lowest BCUT2D eigenvalue weighted by Crippen LogP contribution is -2.20. The molecule has 0 aromatic rings. The Morgan fingerprint density at radius 3 is 2.00 bits per heavy atom. The molecule has 0 aliphatic rings. The van der Waals surface area contributed by atoms with Crippen LogP contribution in [0.1, 0.15) is 65.7 Å². The van der Waals surface area contributed by atoms with E-state index in [9.17, 15) is 8.42 Å². The maximum Gasteiger partial charge on any atom is 0.265 e. The van der Waals surface area contributed by atoms with Crippen LogP contribution < -0.4 is 0 Å². The Labute approximate surface area is 107 Å². The van der Waals surface area contributed by atoms with Gasteiger partial charge in [-0.1, -0.05) is 59.3 Å². The number of hydrogen-bond donors (Lipinski definition) is 1. The van der Waals surface area contributed by atoms with Crippen molar-refractivity contribution in [2.24, 2.45) is 11.8 Å². The minimum absolute atomic E-state index is 0.0837. The van der Waals surface area contributed by atoms with Gasteiger partial charge in [0, 0.05) is 0 Å². The van der Waals surface area contributed by atoms with E-state index in [1.807, 2.05) is 13.8 Å². The van der Waals surface area contributed by atoms with Gasteiger partial charge in [0.1, 0.15) is 0 Å². The van der Waals surface area contributed by atoms with Gasteiger partial charge in [-0.25, -0.2) is 0 Å². The highest BCUT2D eigenvalue weighted by atomic mass is 32.2. The third-order valence-electron chi connectivity index (χ3n) is 3.30. The van der Waals surface area contributed by atoms with Crippen LogP contribution in [0.3, 0.4) is 0 Å². The summed E-state index contributed by atoms with van der Waals surface area (Å²) in [7, 11) is -3.82. The van der Waals surface area contributed by atoms with E-state index in [0.717, 1.165) is 12.8 Å². The molecule has 0 fully saturated rings. The Bertz CT molecular complexity index is 270. The summed E-state index contributed by atoms with van der Waals surface area (Å²) in [5.74, 6) is 0.323. The fourth-order valence-corrected chi connectivity index (χ4v) is 3.16. The highest BCUT2D eigenvalue weighted by molar-refractivity contribution is 7.85. The summed E-state index contributed by atoms with van der Waals surface area (Å²) in [5, 5.41) is 0. The molecule has 0 saturated carbocycles. The van der Waals surface area contributed by atoms with Crippen LogP contribution in [0, 0.1) is 11.8 Å². The predicted molar refractivity (Wildman–Crippen MR) is 72.7 cm³/mol. The summed E-state index contributed by atoms with van der Waals surface area (Å²) < 4.78 is 30.6. The van der Waals surface area contributed by atoms with Crippen molar-refractivity contribution in [3.05, 3.63) is 0 Å². The molecule has 0 aromatic carbocycles. The minimum atomic E-state index is -3.82. The Morgan fingerprint density at radius 1 is 1.00 bits per heavy atom. The van der Waals surface area contributed by atoms with Gasteiger partial charge in [0.15, 0.2) is 0 Å². The maximum atomic E-state index is 10.9. The van der Waals surface area contributed by atoms with Crippen LogP contribution in [-0.4, -0.2) is 18.7 Å². The van der Waals surface area contributed by atoms with Crippen LogP contribution in [0.5, 0.6) is 0 Å². The van der Waals surface area contributed by atoms with Crippen molar-refractivity contribution in [3.63, 3.8) is 0 Å². The zero-order chi connectivity index (χ0) is 13.3. The van der Waals surface area contributed by atoms with E-state index in [2.05, 4.69) is 6.92 Å². The van der Waals surface area contributed by atoms with Crippen molar-refractivity contribution >= 4 is 10.1 Å². The summed E-state index contributed by atoms with van der Waals surface area (Å²) in [5.41, 5.74) is 0. The first-order valence-corrected chi connectivity index (χ1v) is 8.43. The predicted octanol–water partition coefficient (Wildman–Crippen LogP) is 3.90. The van der Waals surface area contributed by atoms with Gasteiger partial charge in [0.25, 0.3) is 10.1 Å². The summed E-state index contributed by atoms with van der Waals surface area (Å²) in [4.78, 5) is 0. The van der Waals surface area contributed by atoms with E-state index < -0.39 is 10.1 Å². The topological polar surface area (TPSA) is 54.4 Å². The van der Waals surface area contributed by atoms with Crippen LogP contribution in [0.2, 0.25) is 0 Å². The molecule has 0 radical (unpaired) electrons. The van der Waals surface area contributed by atoms with Gasteiger partial charge < -0.3 is 0 Å². The van der Waals surface area contributed by atoms with Crippen molar-refractivity contribution in [1.82, 2.24) is 0 Å². The molecular formula is C13H28O3S. The maximum absolute atomic E-state index is 10.9. The normalized spacial score (nSPS) is 14.2. The smallest absolute Gasteiger partial charge is 0.265 e. The monoisotopic (exact) mass is 264 g/mol. The summed E-state index contributed by atoms with van der Waals surface area (Å²) in [6.07, 6.45) is 8.21. The van der Waals surface area contributed by atoms with E-state index in [4.69, 9.17) is 4.55 Å². The lowest BCUT2D eigenvalue weighted by molar-refractivity contribution is 0.363. The number of rotatable bonds is 10. The zero-order valence-electron chi connectivity index (χ0n) is 11.5. The molecule has 0 bridgehead atoms. The van der Waals surface area contributed by atoms with Crippen molar-refractivity contribution in [1.29, 1.82) is 0 Å². The second kappa shape index (κ2) is 8.92. The lowest BCUT2D eigenvalue weighted by Gasteiger charge is -2.19. The molecule has 0 amide bonds. The molecule has 3 nitrogen and oxygen atoms in total. The Balaban J connectivity index is 3.79. The van der Waals surface area contributed by atoms with Crippen LogP contribution in [0.15, 0.2) is 0 Å². The largest absolute Gasteiger partial charge is 0.286 e. The number of unbranched alkanes of at least 4 members (excludes halogenated alkanes) is 5. The molecule has 1 atom stereocenters. The SMILES string of the molecule is CCCCCCCCC(CS(=O)(=O)O)C(C)C. The fraction of sp³-hybridized carbons (Fsp3) is 1.00. The van der Waals surface area contributed by atoms with Crippen LogP contribution in [-0.2, 0) is 10.1 Å². The Morgan fingerprint density at radius 2 is 1.53 bits per heavy atom. The van der Waals surface area contributed by atoms with E-state index in [1.165, 1.54) is 32.1 Å². The molecule has 1 N–H and O–H groups in total. The second-order valence-electron chi connectivity index (χ2n) is 5.31. The van der Waals surface area contributed by atoms with Crippen LogP contribution >= 0.6 is 0 Å². The van der Waals surface area contributed by atoms with Gasteiger partial charge in [-0.2, -0.15) is 8.42 Å². The third-order valence-corrected chi connectivity index (χ3v) is 4.15. The van der Waals surface area contributed by atoms with Crippen molar-refractivity contribution in [3.8, 4) is 0 Å². The molecule has 104 valence electrons. The van der Waals surface area contributed by atoms with Crippen molar-refractivity contribution in [2.45, 2.75) is 65.7 Å². The average molecular weight is 264 g/mol. The first kappa shape index (κ1) is 16.9. The van der Waals surface area contributed by atoms with Crippen molar-refractivity contribution < 1.29 is 13.0 Å². The van der Waals surface area contributed by atoms with Crippen LogP contribution in [0.25, 0.3) is 0 Å². The molecule has 0 saturated heterocycles. The van der Waals surface area contributed by atoms with E-state index in [1.54, 1.807) is 0 Å². The highest BCUT2D eigenvalue weighted by Gasteiger charge is 2.19. The minimum Gasteiger partial charge on any atom is -0.286 e. The molecule has 0 rings (SSSR count). The fourth-order valence-electron chi connectivity index (χ4n) is 2.07. The quantitative estimate of drug-likeness (QED) is 0.481. The molecule has 17 heavy (non-hydrogen) atoms. The van der Waals surface area contributed by atoms with E-state index in [-0.39, 0.29) is 11.7 Å². The lowest BCUT2D eigenvalue weighted by atomic mass is 9.92. The zero-order valence-corrected chi connectivity index (χ0v) is 12.3. The summed E-state index contributed by atoms with van der Waals surface area (Å²) in [6.45, 7) is 6.24. The molecule has 0 spiro atoms. The average Bonchev–Trinajstić information content (AvgIpc) is 2.19. The molecule has 0 aromatic heterocycles. The number of hydrogen-bond acceptors (Lipinski definition) is 2. The van der Waals surface area contributed by atoms with Gasteiger partial charge in [-0.3, -0.25) is 4.55 Å². The van der Waals surface area contributed by atoms with E-state index in [0.29, 0.717) is 5.92 Å². The molecule has 1 unspecified atom stereocenters. The summed E-state index contributed by atoms with van der Waals surface area (Å²) in [6, 6.07) is 0. The Kier molecular flexibility index (Phi) is 8.88. The van der Waals surface area contributed by atoms with Gasteiger partial charge >= 0.3 is 0 Å². The second-order valence-corrected chi connectivity index (χ2v) is 6.81. The van der Waals surface area contributed by atoms with Gasteiger partial charge in [-0.05, 0) is 18.3 Å². The van der Waals surface area contributed by atoms with Crippen molar-refractivity contribution in [2.75, 3.05) is 5.75 Å². The first-order chi connectivity index (χ1) is 7.87. The van der Waals surface area contributed by atoms with Gasteiger partial charge in [0.2, 0.25) is 0 Å².